The minimum absolute atomic E-state index is 0.587. The molecule has 63 heavy (non-hydrogen) atoms. The first-order valence-corrected chi connectivity index (χ1v) is 20.9. The molecule has 7 nitrogen and oxygen atoms in total. The highest BCUT2D eigenvalue weighted by molar-refractivity contribution is 5.84. The smallest absolute Gasteiger partial charge is 0.164 e. The molecule has 3 aromatic heterocycles. The third-order valence-electron chi connectivity index (χ3n) is 11.1. The van der Waals surface area contributed by atoms with Crippen LogP contribution in [-0.4, -0.2) is 34.5 Å². The first-order valence-electron chi connectivity index (χ1n) is 20.9. The molecule has 11 rings (SSSR count). The number of nitrogens with zero attached hydrogens (tertiary/aromatic N) is 7. The Morgan fingerprint density at radius 3 is 1.27 bits per heavy atom. The minimum atomic E-state index is 0.587. The molecule has 0 aliphatic heterocycles. The van der Waals surface area contributed by atoms with Crippen molar-refractivity contribution in [1.29, 1.82) is 0 Å². The normalized spacial score (nSPS) is 11.2. The minimum Gasteiger partial charge on any atom is -0.292 e. The van der Waals surface area contributed by atoms with Crippen LogP contribution < -0.4 is 0 Å². The van der Waals surface area contributed by atoms with Gasteiger partial charge in [-0.3, -0.25) is 4.57 Å². The van der Waals surface area contributed by atoms with Crippen LogP contribution in [0.2, 0.25) is 0 Å². The van der Waals surface area contributed by atoms with E-state index in [2.05, 4.69) is 120 Å². The zero-order chi connectivity index (χ0) is 42.0. The van der Waals surface area contributed by atoms with Crippen molar-refractivity contribution >= 4 is 11.0 Å². The Labute approximate surface area is 364 Å². The lowest BCUT2D eigenvalue weighted by atomic mass is 9.99. The van der Waals surface area contributed by atoms with Gasteiger partial charge in [0.15, 0.2) is 23.3 Å². The number of hydrogen-bond acceptors (Lipinski definition) is 6. The van der Waals surface area contributed by atoms with E-state index in [9.17, 15) is 0 Å². The Bertz CT molecular complexity index is 3310. The highest BCUT2D eigenvalue weighted by Crippen LogP contribution is 2.34. The van der Waals surface area contributed by atoms with E-state index in [1.54, 1.807) is 0 Å². The lowest BCUT2D eigenvalue weighted by Gasteiger charge is -2.12. The van der Waals surface area contributed by atoms with E-state index in [-0.39, 0.29) is 0 Å². The molecule has 0 spiro atoms. The summed E-state index contributed by atoms with van der Waals surface area (Å²) in [4.78, 5) is 30.3. The third-order valence-corrected chi connectivity index (χ3v) is 11.1. The van der Waals surface area contributed by atoms with Gasteiger partial charge in [0, 0.05) is 44.6 Å². The average molecular weight is 808 g/mol. The number of para-hydroxylation sites is 2. The van der Waals surface area contributed by atoms with Gasteiger partial charge in [-0.25, -0.2) is 29.9 Å². The molecule has 8 aromatic carbocycles. The van der Waals surface area contributed by atoms with E-state index in [0.717, 1.165) is 84.0 Å². The Balaban J connectivity index is 0.972. The number of fused-ring (bicyclic) bond motifs is 1. The summed E-state index contributed by atoms with van der Waals surface area (Å²) in [7, 11) is 0. The predicted octanol–water partition coefficient (Wildman–Crippen LogP) is 13.3. The van der Waals surface area contributed by atoms with Crippen LogP contribution >= 0.6 is 0 Å². The van der Waals surface area contributed by atoms with Crippen LogP contribution in [0.3, 0.4) is 0 Å². The Kier molecular flexibility index (Phi) is 9.72. The molecule has 3 heterocycles. The van der Waals surface area contributed by atoms with Crippen LogP contribution in [0.15, 0.2) is 224 Å². The number of imidazole rings is 1. The SMILES string of the molecule is c1ccc(-c2cc(-c3cccc(-c4cccc(-c5nc(-c6ccccc6)nc(-c6ccc(-n7c(-c8ccccc8)nc8ccccc87)cc6)n5)c4)c3)nc(-c3ccccc3)n2)cc1. The molecule has 0 fully saturated rings. The highest BCUT2D eigenvalue weighted by Gasteiger charge is 2.17. The molecule has 0 bridgehead atoms. The Hall–Kier alpha value is -8.68. The Morgan fingerprint density at radius 1 is 0.254 bits per heavy atom. The van der Waals surface area contributed by atoms with E-state index >= 15 is 0 Å². The average Bonchev–Trinajstić information content (AvgIpc) is 3.77. The molecule has 0 saturated carbocycles. The second kappa shape index (κ2) is 16.4. The first-order chi connectivity index (χ1) is 31.2. The van der Waals surface area contributed by atoms with Gasteiger partial charge in [0.25, 0.3) is 0 Å². The maximum atomic E-state index is 5.13. The van der Waals surface area contributed by atoms with E-state index in [0.29, 0.717) is 23.3 Å². The zero-order valence-corrected chi connectivity index (χ0v) is 34.0. The van der Waals surface area contributed by atoms with E-state index in [1.807, 2.05) is 109 Å². The lowest BCUT2D eigenvalue weighted by molar-refractivity contribution is 1.07. The van der Waals surface area contributed by atoms with Crippen LogP contribution in [0.5, 0.6) is 0 Å². The molecule has 11 aromatic rings. The van der Waals surface area contributed by atoms with Gasteiger partial charge in [-0.15, -0.1) is 0 Å². The largest absolute Gasteiger partial charge is 0.292 e. The molecule has 0 atom stereocenters. The summed E-state index contributed by atoms with van der Waals surface area (Å²) in [6.07, 6.45) is 0. The van der Waals surface area contributed by atoms with Crippen molar-refractivity contribution < 1.29 is 0 Å². The summed E-state index contributed by atoms with van der Waals surface area (Å²) in [5.41, 5.74) is 13.5. The van der Waals surface area contributed by atoms with Crippen LogP contribution in [0.25, 0.3) is 107 Å². The van der Waals surface area contributed by atoms with Gasteiger partial charge in [-0.05, 0) is 65.7 Å². The van der Waals surface area contributed by atoms with Gasteiger partial charge < -0.3 is 0 Å². The molecule has 0 aliphatic rings. The molecule has 0 amide bonds. The fourth-order valence-corrected chi connectivity index (χ4v) is 7.94. The van der Waals surface area contributed by atoms with Crippen LogP contribution in [0.1, 0.15) is 0 Å². The summed E-state index contributed by atoms with van der Waals surface area (Å²) in [5.74, 6) is 3.34. The fourth-order valence-electron chi connectivity index (χ4n) is 7.94. The van der Waals surface area contributed by atoms with Gasteiger partial charge in [0.05, 0.1) is 22.4 Å². The quantitative estimate of drug-likeness (QED) is 0.144. The summed E-state index contributed by atoms with van der Waals surface area (Å²) >= 11 is 0. The van der Waals surface area contributed by atoms with Crippen molar-refractivity contribution in [2.45, 2.75) is 0 Å². The second-order valence-corrected chi connectivity index (χ2v) is 15.2. The molecule has 0 unspecified atom stereocenters. The highest BCUT2D eigenvalue weighted by atomic mass is 15.1. The van der Waals surface area contributed by atoms with E-state index < -0.39 is 0 Å². The molecular formula is C56H37N7. The molecule has 0 N–H and O–H groups in total. The Morgan fingerprint density at radius 2 is 0.667 bits per heavy atom. The van der Waals surface area contributed by atoms with Crippen molar-refractivity contribution in [1.82, 2.24) is 34.5 Å². The maximum Gasteiger partial charge on any atom is 0.164 e. The summed E-state index contributed by atoms with van der Waals surface area (Å²) in [6, 6.07) is 76.3. The van der Waals surface area contributed by atoms with Crippen molar-refractivity contribution in [2.24, 2.45) is 0 Å². The topological polar surface area (TPSA) is 82.3 Å². The van der Waals surface area contributed by atoms with Gasteiger partial charge in [0.2, 0.25) is 0 Å². The van der Waals surface area contributed by atoms with Crippen LogP contribution in [-0.2, 0) is 0 Å². The van der Waals surface area contributed by atoms with Crippen molar-refractivity contribution in [2.75, 3.05) is 0 Å². The third kappa shape index (κ3) is 7.56. The molecule has 296 valence electrons. The van der Waals surface area contributed by atoms with Gasteiger partial charge in [-0.2, -0.15) is 0 Å². The number of hydrogen-bond donors (Lipinski definition) is 0. The number of rotatable bonds is 9. The zero-order valence-electron chi connectivity index (χ0n) is 34.0. The van der Waals surface area contributed by atoms with Gasteiger partial charge in [-0.1, -0.05) is 170 Å². The summed E-state index contributed by atoms with van der Waals surface area (Å²) < 4.78 is 2.21. The molecular weight excluding hydrogens is 771 g/mol. The molecule has 0 aliphatic carbocycles. The fraction of sp³-hybridized carbons (Fsp3) is 0. The van der Waals surface area contributed by atoms with Crippen LogP contribution in [0, 0.1) is 0 Å². The summed E-state index contributed by atoms with van der Waals surface area (Å²) in [5, 5.41) is 0. The predicted molar refractivity (Wildman–Crippen MR) is 254 cm³/mol. The van der Waals surface area contributed by atoms with Crippen molar-refractivity contribution in [3.8, 4) is 96.3 Å². The number of aromatic nitrogens is 7. The first kappa shape index (κ1) is 37.3. The number of benzene rings is 8. The monoisotopic (exact) mass is 807 g/mol. The summed E-state index contributed by atoms with van der Waals surface area (Å²) in [6.45, 7) is 0. The van der Waals surface area contributed by atoms with Crippen LogP contribution in [0.4, 0.5) is 0 Å². The maximum absolute atomic E-state index is 5.13. The molecule has 0 saturated heterocycles. The van der Waals surface area contributed by atoms with Gasteiger partial charge in [0.1, 0.15) is 5.82 Å². The standard InChI is InChI=1S/C56H37N7/c1-5-17-38(18-6-1)49-37-50(58-52(57-49)39-19-7-2-8-20-39)45-27-15-25-43(35-45)44-26-16-28-46(36-44)55-61-53(40-21-9-3-10-22-40)60-54(62-55)41-31-33-47(34-32-41)63-51-30-14-13-29-48(51)59-56(63)42-23-11-4-12-24-42/h1-37H. The molecule has 7 heteroatoms. The van der Waals surface area contributed by atoms with E-state index in [4.69, 9.17) is 29.9 Å². The second-order valence-electron chi connectivity index (χ2n) is 15.2. The molecule has 0 radical (unpaired) electrons. The van der Waals surface area contributed by atoms with Crippen molar-refractivity contribution in [3.05, 3.63) is 224 Å². The van der Waals surface area contributed by atoms with E-state index in [1.165, 1.54) is 0 Å². The lowest BCUT2D eigenvalue weighted by Crippen LogP contribution is -2.01. The van der Waals surface area contributed by atoms with Crippen molar-refractivity contribution in [3.63, 3.8) is 0 Å². The van der Waals surface area contributed by atoms with Gasteiger partial charge >= 0.3 is 0 Å².